The Hall–Kier alpha value is -3.44. The molecule has 40 heavy (non-hydrogen) atoms. The average molecular weight is 544 g/mol. The topological polar surface area (TPSA) is 86.1 Å². The van der Waals surface area contributed by atoms with Gasteiger partial charge in [-0.15, -0.1) is 5.10 Å². The van der Waals surface area contributed by atoms with Gasteiger partial charge in [0.05, 0.1) is 38.3 Å². The van der Waals surface area contributed by atoms with Gasteiger partial charge in [-0.25, -0.2) is 4.68 Å². The van der Waals surface area contributed by atoms with Crippen molar-refractivity contribution in [2.75, 3.05) is 13.7 Å². The molecule has 2 saturated heterocycles. The zero-order chi connectivity index (χ0) is 27.1. The normalized spacial score (nSPS) is 26.3. The van der Waals surface area contributed by atoms with Gasteiger partial charge in [-0.05, 0) is 11.1 Å². The third-order valence-electron chi connectivity index (χ3n) is 7.19. The molecule has 0 radical (unpaired) electrons. The molecule has 0 aliphatic carbocycles. The molecule has 2 fully saturated rings. The molecule has 3 aromatic carbocycles. The lowest BCUT2D eigenvalue weighted by molar-refractivity contribution is -0.353. The lowest BCUT2D eigenvalue weighted by Crippen LogP contribution is -2.60. The first-order valence-electron chi connectivity index (χ1n) is 13.5. The summed E-state index contributed by atoms with van der Waals surface area (Å²) in [7, 11) is 1.61. The average Bonchev–Trinajstić information content (AvgIpc) is 3.48. The van der Waals surface area contributed by atoms with Gasteiger partial charge in [-0.1, -0.05) is 96.2 Å². The zero-order valence-electron chi connectivity index (χ0n) is 22.3. The van der Waals surface area contributed by atoms with Crippen molar-refractivity contribution in [1.82, 2.24) is 15.0 Å². The standard InChI is InChI=1S/C31H33N3O6/c1-35-31-29(37-19-23-13-7-3-8-14-23)27(28-26(39-31)21-38-30(40-28)24-15-9-4-10-16-24)34-25(17-32-33-34)20-36-18-22-11-5-2-6-12-22/h2-17,26-31H,18-21H2,1H3/t26-,27-,28-,29+,30-,31+/m1/s1. The van der Waals surface area contributed by atoms with Crippen LogP contribution in [0.1, 0.15) is 34.7 Å². The van der Waals surface area contributed by atoms with Gasteiger partial charge in [0.1, 0.15) is 24.4 Å². The van der Waals surface area contributed by atoms with E-state index in [1.807, 2.05) is 95.7 Å². The van der Waals surface area contributed by atoms with E-state index in [9.17, 15) is 0 Å². The molecule has 0 saturated carbocycles. The summed E-state index contributed by atoms with van der Waals surface area (Å²) in [4.78, 5) is 0. The van der Waals surface area contributed by atoms with Crippen molar-refractivity contribution >= 4 is 0 Å². The fourth-order valence-corrected chi connectivity index (χ4v) is 5.23. The highest BCUT2D eigenvalue weighted by atomic mass is 16.8. The highest BCUT2D eigenvalue weighted by molar-refractivity contribution is 5.17. The van der Waals surface area contributed by atoms with Gasteiger partial charge in [-0.2, -0.15) is 0 Å². The number of ether oxygens (including phenoxy) is 6. The minimum atomic E-state index is -0.669. The summed E-state index contributed by atoms with van der Waals surface area (Å²) >= 11 is 0. The number of aromatic nitrogens is 3. The van der Waals surface area contributed by atoms with Crippen molar-refractivity contribution in [2.45, 2.75) is 56.8 Å². The third-order valence-corrected chi connectivity index (χ3v) is 7.19. The highest BCUT2D eigenvalue weighted by Crippen LogP contribution is 2.41. The van der Waals surface area contributed by atoms with E-state index in [1.165, 1.54) is 0 Å². The van der Waals surface area contributed by atoms with Crippen LogP contribution in [0.25, 0.3) is 0 Å². The lowest BCUT2D eigenvalue weighted by atomic mass is 9.94. The Bertz CT molecular complexity index is 1320. The molecule has 9 heteroatoms. The van der Waals surface area contributed by atoms with E-state index in [2.05, 4.69) is 10.3 Å². The van der Waals surface area contributed by atoms with Gasteiger partial charge >= 0.3 is 0 Å². The summed E-state index contributed by atoms with van der Waals surface area (Å²) in [5.74, 6) is 0. The molecule has 1 aromatic heterocycles. The fraction of sp³-hybridized carbons (Fsp3) is 0.355. The van der Waals surface area contributed by atoms with Crippen LogP contribution in [0.4, 0.5) is 0 Å². The van der Waals surface area contributed by atoms with Crippen LogP contribution in [-0.2, 0) is 48.2 Å². The van der Waals surface area contributed by atoms with E-state index in [0.717, 1.165) is 22.4 Å². The first-order chi connectivity index (χ1) is 19.8. The number of nitrogens with zero attached hydrogens (tertiary/aromatic N) is 3. The largest absolute Gasteiger partial charge is 0.370 e. The molecule has 0 amide bonds. The van der Waals surface area contributed by atoms with E-state index in [0.29, 0.717) is 26.4 Å². The van der Waals surface area contributed by atoms with E-state index in [-0.39, 0.29) is 0 Å². The van der Waals surface area contributed by atoms with Crippen LogP contribution in [0, 0.1) is 0 Å². The van der Waals surface area contributed by atoms with Crippen LogP contribution >= 0.6 is 0 Å². The van der Waals surface area contributed by atoms with E-state index in [4.69, 9.17) is 28.4 Å². The Morgan fingerprint density at radius 1 is 0.825 bits per heavy atom. The first kappa shape index (κ1) is 26.8. The van der Waals surface area contributed by atoms with Crippen LogP contribution in [-0.4, -0.2) is 53.3 Å². The van der Waals surface area contributed by atoms with Crippen molar-refractivity contribution < 1.29 is 28.4 Å². The summed E-state index contributed by atoms with van der Waals surface area (Å²) < 4.78 is 39.3. The Morgan fingerprint density at radius 3 is 2.20 bits per heavy atom. The fourth-order valence-electron chi connectivity index (χ4n) is 5.23. The Balaban J connectivity index is 1.29. The molecular weight excluding hydrogens is 510 g/mol. The van der Waals surface area contributed by atoms with Gasteiger partial charge in [0.2, 0.25) is 0 Å². The SMILES string of the molecule is CO[C@H]1O[C@@H]2CO[C@@H](c3ccccc3)O[C@H]2[C@@H](n2nncc2COCc2ccccc2)[C@@H]1OCc1ccccc1. The van der Waals surface area contributed by atoms with Crippen LogP contribution in [0.2, 0.25) is 0 Å². The third kappa shape index (κ3) is 6.00. The minimum Gasteiger partial charge on any atom is -0.370 e. The predicted molar refractivity (Wildman–Crippen MR) is 145 cm³/mol. The van der Waals surface area contributed by atoms with Gasteiger partial charge in [0.15, 0.2) is 12.6 Å². The molecule has 4 aromatic rings. The second-order valence-corrected chi connectivity index (χ2v) is 9.86. The molecule has 6 atom stereocenters. The predicted octanol–water partition coefficient (Wildman–Crippen LogP) is 4.61. The molecule has 9 nitrogen and oxygen atoms in total. The Morgan fingerprint density at radius 2 is 1.50 bits per heavy atom. The molecule has 3 heterocycles. The molecule has 0 bridgehead atoms. The van der Waals surface area contributed by atoms with Gasteiger partial charge in [-0.3, -0.25) is 0 Å². The summed E-state index contributed by atoms with van der Waals surface area (Å²) in [6, 6.07) is 29.5. The molecule has 6 rings (SSSR count). The number of methoxy groups -OCH3 is 1. The smallest absolute Gasteiger partial charge is 0.186 e. The molecule has 208 valence electrons. The van der Waals surface area contributed by atoms with Crippen molar-refractivity contribution in [3.63, 3.8) is 0 Å². The molecule has 0 N–H and O–H groups in total. The molecule has 0 unspecified atom stereocenters. The van der Waals surface area contributed by atoms with Gasteiger partial charge < -0.3 is 28.4 Å². The monoisotopic (exact) mass is 543 g/mol. The van der Waals surface area contributed by atoms with Crippen molar-refractivity contribution in [1.29, 1.82) is 0 Å². The molecule has 0 spiro atoms. The molecular formula is C31H33N3O6. The van der Waals surface area contributed by atoms with Crippen LogP contribution in [0.15, 0.2) is 97.2 Å². The minimum absolute atomic E-state index is 0.318. The number of hydrogen-bond acceptors (Lipinski definition) is 8. The maximum Gasteiger partial charge on any atom is 0.186 e. The van der Waals surface area contributed by atoms with E-state index < -0.39 is 36.9 Å². The maximum absolute atomic E-state index is 6.60. The molecule has 2 aliphatic heterocycles. The second-order valence-electron chi connectivity index (χ2n) is 9.86. The number of fused-ring (bicyclic) bond motifs is 1. The second kappa shape index (κ2) is 12.8. The first-order valence-corrected chi connectivity index (χ1v) is 13.5. The van der Waals surface area contributed by atoms with Crippen LogP contribution in [0.5, 0.6) is 0 Å². The van der Waals surface area contributed by atoms with Crippen LogP contribution < -0.4 is 0 Å². The summed E-state index contributed by atoms with van der Waals surface area (Å²) in [5, 5.41) is 8.75. The Labute approximate surface area is 233 Å². The van der Waals surface area contributed by atoms with E-state index >= 15 is 0 Å². The molecule has 2 aliphatic rings. The zero-order valence-corrected chi connectivity index (χ0v) is 22.3. The number of benzene rings is 3. The lowest BCUT2D eigenvalue weighted by Gasteiger charge is -2.49. The summed E-state index contributed by atoms with van der Waals surface area (Å²) in [6.07, 6.45) is -0.883. The Kier molecular flexibility index (Phi) is 8.58. The maximum atomic E-state index is 6.60. The highest BCUT2D eigenvalue weighted by Gasteiger charge is 2.52. The number of hydrogen-bond donors (Lipinski definition) is 0. The van der Waals surface area contributed by atoms with Crippen molar-refractivity contribution in [3.05, 3.63) is 120 Å². The van der Waals surface area contributed by atoms with Crippen LogP contribution in [0.3, 0.4) is 0 Å². The van der Waals surface area contributed by atoms with E-state index in [1.54, 1.807) is 13.3 Å². The summed E-state index contributed by atoms with van der Waals surface area (Å²) in [5.41, 5.74) is 3.87. The quantitative estimate of drug-likeness (QED) is 0.287. The summed E-state index contributed by atoms with van der Waals surface area (Å²) in [6.45, 7) is 1.50. The van der Waals surface area contributed by atoms with Gasteiger partial charge in [0, 0.05) is 12.7 Å². The van der Waals surface area contributed by atoms with Gasteiger partial charge in [0.25, 0.3) is 0 Å². The number of rotatable bonds is 10. The van der Waals surface area contributed by atoms with Crippen molar-refractivity contribution in [2.24, 2.45) is 0 Å². The van der Waals surface area contributed by atoms with Crippen molar-refractivity contribution in [3.8, 4) is 0 Å².